The Kier molecular flexibility index (Phi) is 13.3. The molecule has 1 heterocycles. The van der Waals surface area contributed by atoms with Crippen LogP contribution < -0.4 is 10.2 Å². The predicted octanol–water partition coefficient (Wildman–Crippen LogP) is 6.78. The fourth-order valence-electron chi connectivity index (χ4n) is 4.05. The first kappa shape index (κ1) is 26.6. The molecular weight excluding hydrogens is 420 g/mol. The van der Waals surface area contributed by atoms with Gasteiger partial charge in [-0.15, -0.1) is 11.8 Å². The third-order valence-electron chi connectivity index (χ3n) is 6.02. The minimum Gasteiger partial charge on any atom is -0.497 e. The standard InChI is InChI=1S/C26H42N2O3S/c1-3-4-5-6-7-8-9-10-11-12-13-14-15-16-24(29)27-28-25(30)21-32-26(28)22-17-19-23(31-2)20-18-22/h17-20,26H,3-16,21H2,1-2H3,(H,27,29). The summed E-state index contributed by atoms with van der Waals surface area (Å²) in [5.41, 5.74) is 3.83. The van der Waals surface area contributed by atoms with Crippen LogP contribution in [0, 0.1) is 0 Å². The SMILES string of the molecule is CCCCCCCCCCCCCCCC(=O)NN1C(=O)CSC1c1ccc(OC)cc1. The second-order valence-electron chi connectivity index (χ2n) is 8.73. The number of hydrogen-bond acceptors (Lipinski definition) is 4. The van der Waals surface area contributed by atoms with Gasteiger partial charge in [-0.1, -0.05) is 96.1 Å². The average molecular weight is 463 g/mol. The highest BCUT2D eigenvalue weighted by atomic mass is 32.2. The van der Waals surface area contributed by atoms with Gasteiger partial charge in [-0.3, -0.25) is 15.0 Å². The Labute approximate surface area is 199 Å². The number of carbonyl (C=O) groups is 2. The number of benzene rings is 1. The van der Waals surface area contributed by atoms with Gasteiger partial charge in [0.05, 0.1) is 12.9 Å². The summed E-state index contributed by atoms with van der Waals surface area (Å²) in [5.74, 6) is 1.05. The van der Waals surface area contributed by atoms with E-state index in [0.29, 0.717) is 12.2 Å². The molecule has 1 N–H and O–H groups in total. The molecule has 0 bridgehead atoms. The van der Waals surface area contributed by atoms with Crippen molar-refractivity contribution in [2.75, 3.05) is 12.9 Å². The van der Waals surface area contributed by atoms with E-state index in [4.69, 9.17) is 4.74 Å². The van der Waals surface area contributed by atoms with Gasteiger partial charge in [0.1, 0.15) is 11.1 Å². The van der Waals surface area contributed by atoms with E-state index < -0.39 is 0 Å². The van der Waals surface area contributed by atoms with E-state index in [1.54, 1.807) is 7.11 Å². The monoisotopic (exact) mass is 462 g/mol. The van der Waals surface area contributed by atoms with E-state index in [-0.39, 0.29) is 17.2 Å². The van der Waals surface area contributed by atoms with E-state index in [2.05, 4.69) is 12.3 Å². The summed E-state index contributed by atoms with van der Waals surface area (Å²) in [7, 11) is 1.63. The first-order valence-corrected chi connectivity index (χ1v) is 13.6. The fraction of sp³-hybridized carbons (Fsp3) is 0.692. The molecule has 0 radical (unpaired) electrons. The maximum Gasteiger partial charge on any atom is 0.252 e. The third kappa shape index (κ3) is 9.85. The van der Waals surface area contributed by atoms with Gasteiger partial charge in [0.15, 0.2) is 0 Å². The Morgan fingerprint density at radius 3 is 2.00 bits per heavy atom. The lowest BCUT2D eigenvalue weighted by molar-refractivity contribution is -0.139. The molecule has 1 aromatic rings. The summed E-state index contributed by atoms with van der Waals surface area (Å²) >= 11 is 1.54. The van der Waals surface area contributed by atoms with Crippen molar-refractivity contribution in [1.29, 1.82) is 0 Å². The first-order chi connectivity index (χ1) is 15.7. The van der Waals surface area contributed by atoms with Crippen molar-refractivity contribution in [3.05, 3.63) is 29.8 Å². The van der Waals surface area contributed by atoms with Crippen LogP contribution in [0.5, 0.6) is 5.75 Å². The molecule has 0 aliphatic carbocycles. The molecule has 0 spiro atoms. The molecule has 0 saturated carbocycles. The third-order valence-corrected chi connectivity index (χ3v) is 7.23. The molecule has 1 fully saturated rings. The Morgan fingerprint density at radius 1 is 0.938 bits per heavy atom. The highest BCUT2D eigenvalue weighted by Gasteiger charge is 2.34. The first-order valence-electron chi connectivity index (χ1n) is 12.5. The molecule has 2 amide bonds. The largest absolute Gasteiger partial charge is 0.497 e. The minimum atomic E-state index is -0.177. The number of unbranched alkanes of at least 4 members (excludes halogenated alkanes) is 12. The highest BCUT2D eigenvalue weighted by molar-refractivity contribution is 8.00. The topological polar surface area (TPSA) is 58.6 Å². The summed E-state index contributed by atoms with van der Waals surface area (Å²) in [6, 6.07) is 7.65. The van der Waals surface area contributed by atoms with Crippen molar-refractivity contribution in [3.63, 3.8) is 0 Å². The Balaban J connectivity index is 1.54. The molecule has 32 heavy (non-hydrogen) atoms. The van der Waals surface area contributed by atoms with Crippen LogP contribution in [0.4, 0.5) is 0 Å². The lowest BCUT2D eigenvalue weighted by Gasteiger charge is -2.24. The van der Waals surface area contributed by atoms with Crippen molar-refractivity contribution >= 4 is 23.6 Å². The molecule has 180 valence electrons. The zero-order chi connectivity index (χ0) is 23.0. The van der Waals surface area contributed by atoms with E-state index in [1.807, 2.05) is 24.3 Å². The van der Waals surface area contributed by atoms with Crippen LogP contribution >= 0.6 is 11.8 Å². The van der Waals surface area contributed by atoms with Gasteiger partial charge >= 0.3 is 0 Å². The maximum absolute atomic E-state index is 12.4. The molecule has 1 aromatic carbocycles. The lowest BCUT2D eigenvalue weighted by Crippen LogP contribution is -2.44. The summed E-state index contributed by atoms with van der Waals surface area (Å²) in [4.78, 5) is 24.7. The van der Waals surface area contributed by atoms with Gasteiger partial charge in [0, 0.05) is 6.42 Å². The number of methoxy groups -OCH3 is 1. The number of hydrazine groups is 1. The van der Waals surface area contributed by atoms with E-state index in [9.17, 15) is 9.59 Å². The van der Waals surface area contributed by atoms with Crippen LogP contribution in [-0.2, 0) is 9.59 Å². The smallest absolute Gasteiger partial charge is 0.252 e. The van der Waals surface area contributed by atoms with Gasteiger partial charge in [-0.2, -0.15) is 0 Å². The predicted molar refractivity (Wildman–Crippen MR) is 133 cm³/mol. The lowest BCUT2D eigenvalue weighted by atomic mass is 10.0. The maximum atomic E-state index is 12.4. The quantitative estimate of drug-likeness (QED) is 0.259. The average Bonchev–Trinajstić information content (AvgIpc) is 3.17. The second-order valence-corrected chi connectivity index (χ2v) is 9.80. The normalized spacial score (nSPS) is 15.9. The Hall–Kier alpha value is -1.69. The molecule has 1 saturated heterocycles. The van der Waals surface area contributed by atoms with Crippen molar-refractivity contribution in [2.45, 2.75) is 102 Å². The van der Waals surface area contributed by atoms with Gasteiger partial charge in [-0.05, 0) is 24.1 Å². The van der Waals surface area contributed by atoms with Crippen LogP contribution in [0.2, 0.25) is 0 Å². The van der Waals surface area contributed by atoms with Crippen LogP contribution in [0.1, 0.15) is 108 Å². The van der Waals surface area contributed by atoms with Crippen LogP contribution in [0.3, 0.4) is 0 Å². The molecule has 1 aliphatic rings. The molecule has 0 aromatic heterocycles. The van der Waals surface area contributed by atoms with Gasteiger partial charge in [0.25, 0.3) is 5.91 Å². The summed E-state index contributed by atoms with van der Waals surface area (Å²) in [5, 5.41) is 1.32. The number of ether oxygens (including phenoxy) is 1. The van der Waals surface area contributed by atoms with Crippen LogP contribution in [-0.4, -0.2) is 29.7 Å². The number of hydrogen-bond donors (Lipinski definition) is 1. The second kappa shape index (κ2) is 16.0. The van der Waals surface area contributed by atoms with Crippen molar-refractivity contribution in [1.82, 2.24) is 10.4 Å². The number of rotatable bonds is 17. The van der Waals surface area contributed by atoms with E-state index in [0.717, 1.165) is 24.2 Å². The number of nitrogens with zero attached hydrogens (tertiary/aromatic N) is 1. The van der Waals surface area contributed by atoms with Crippen molar-refractivity contribution in [2.24, 2.45) is 0 Å². The molecule has 1 aliphatic heterocycles. The van der Waals surface area contributed by atoms with Gasteiger partial charge < -0.3 is 4.74 Å². The molecule has 1 atom stereocenters. The molecule has 5 nitrogen and oxygen atoms in total. The Bertz CT molecular complexity index is 666. The van der Waals surface area contributed by atoms with Gasteiger partial charge in [-0.25, -0.2) is 5.01 Å². The van der Waals surface area contributed by atoms with Crippen molar-refractivity contribution < 1.29 is 14.3 Å². The zero-order valence-electron chi connectivity index (χ0n) is 20.1. The molecular formula is C26H42N2O3S. The molecule has 2 rings (SSSR count). The number of amides is 2. The zero-order valence-corrected chi connectivity index (χ0v) is 20.9. The molecule has 1 unspecified atom stereocenters. The van der Waals surface area contributed by atoms with Crippen LogP contribution in [0.15, 0.2) is 24.3 Å². The van der Waals surface area contributed by atoms with E-state index >= 15 is 0 Å². The number of thioether (sulfide) groups is 1. The van der Waals surface area contributed by atoms with Crippen molar-refractivity contribution in [3.8, 4) is 5.75 Å². The summed E-state index contributed by atoms with van der Waals surface area (Å²) in [6.07, 6.45) is 17.2. The highest BCUT2D eigenvalue weighted by Crippen LogP contribution is 2.37. The summed E-state index contributed by atoms with van der Waals surface area (Å²) in [6.45, 7) is 2.26. The minimum absolute atomic E-state index is 0.0467. The van der Waals surface area contributed by atoms with Crippen LogP contribution in [0.25, 0.3) is 0 Å². The van der Waals surface area contributed by atoms with E-state index in [1.165, 1.54) is 87.4 Å². The number of carbonyl (C=O) groups excluding carboxylic acids is 2. The Morgan fingerprint density at radius 2 is 1.47 bits per heavy atom. The van der Waals surface area contributed by atoms with Gasteiger partial charge in [0.2, 0.25) is 5.91 Å². The molecule has 6 heteroatoms. The summed E-state index contributed by atoms with van der Waals surface area (Å²) < 4.78 is 5.20. The number of nitrogens with one attached hydrogen (secondary N) is 1. The fourth-order valence-corrected chi connectivity index (χ4v) is 5.16.